The first-order valence-corrected chi connectivity index (χ1v) is 6.01. The Labute approximate surface area is 99.0 Å². The van der Waals surface area contributed by atoms with Crippen molar-refractivity contribution in [2.45, 2.75) is 32.2 Å². The van der Waals surface area contributed by atoms with Gasteiger partial charge < -0.3 is 5.32 Å². The lowest BCUT2D eigenvalue weighted by Gasteiger charge is -2.34. The Bertz CT molecular complexity index is 379. The van der Waals surface area contributed by atoms with Crippen molar-refractivity contribution >= 4 is 0 Å². The van der Waals surface area contributed by atoms with Crippen molar-refractivity contribution in [3.8, 4) is 0 Å². The molecule has 4 heteroatoms. The summed E-state index contributed by atoms with van der Waals surface area (Å²) in [7, 11) is 0. The fourth-order valence-corrected chi connectivity index (χ4v) is 2.30. The van der Waals surface area contributed by atoms with E-state index in [1.54, 1.807) is 0 Å². The highest BCUT2D eigenvalue weighted by atomic mass is 19.2. The first-order valence-electron chi connectivity index (χ1n) is 6.01. The minimum atomic E-state index is -1.39. The summed E-state index contributed by atoms with van der Waals surface area (Å²) in [5, 5.41) is 3.22. The van der Waals surface area contributed by atoms with E-state index in [2.05, 4.69) is 5.32 Å². The van der Waals surface area contributed by atoms with Crippen molar-refractivity contribution < 1.29 is 13.2 Å². The Hall–Kier alpha value is -1.03. The molecule has 1 saturated carbocycles. The maximum Gasteiger partial charge on any atom is 0.194 e. The molecule has 0 heterocycles. The monoisotopic (exact) mass is 243 g/mol. The Morgan fingerprint density at radius 1 is 1.24 bits per heavy atom. The quantitative estimate of drug-likeness (QED) is 0.797. The van der Waals surface area contributed by atoms with E-state index in [-0.39, 0.29) is 6.04 Å². The highest BCUT2D eigenvalue weighted by Gasteiger charge is 2.29. The van der Waals surface area contributed by atoms with Gasteiger partial charge in [0.15, 0.2) is 17.5 Å². The zero-order chi connectivity index (χ0) is 12.4. The maximum absolute atomic E-state index is 13.2. The van der Waals surface area contributed by atoms with Gasteiger partial charge in [0.2, 0.25) is 0 Å². The molecule has 0 spiro atoms. The second kappa shape index (κ2) is 5.08. The highest BCUT2D eigenvalue weighted by molar-refractivity contribution is 5.24. The third-order valence-electron chi connectivity index (χ3n) is 3.41. The van der Waals surface area contributed by atoms with Crippen LogP contribution in [0.2, 0.25) is 0 Å². The first kappa shape index (κ1) is 12.4. The lowest BCUT2D eigenvalue weighted by Crippen LogP contribution is -2.32. The molecule has 0 radical (unpaired) electrons. The van der Waals surface area contributed by atoms with Crippen LogP contribution in [0.4, 0.5) is 13.2 Å². The second-order valence-electron chi connectivity index (χ2n) is 4.52. The average Bonchev–Trinajstić information content (AvgIpc) is 2.22. The third kappa shape index (κ3) is 2.46. The SMILES string of the molecule is CCNC(c1cc(F)c(F)c(F)c1)C1CCC1. The number of nitrogens with one attached hydrogen (secondary N) is 1. The third-order valence-corrected chi connectivity index (χ3v) is 3.41. The van der Waals surface area contributed by atoms with Gasteiger partial charge >= 0.3 is 0 Å². The van der Waals surface area contributed by atoms with Gasteiger partial charge in [0.1, 0.15) is 0 Å². The van der Waals surface area contributed by atoms with Gasteiger partial charge in [0.05, 0.1) is 0 Å². The molecule has 0 aromatic heterocycles. The smallest absolute Gasteiger partial charge is 0.194 e. The van der Waals surface area contributed by atoms with Crippen LogP contribution in [0.3, 0.4) is 0 Å². The zero-order valence-electron chi connectivity index (χ0n) is 9.77. The molecular weight excluding hydrogens is 227 g/mol. The summed E-state index contributed by atoms with van der Waals surface area (Å²) in [6, 6.07) is 2.13. The fourth-order valence-electron chi connectivity index (χ4n) is 2.30. The first-order chi connectivity index (χ1) is 8.13. The molecule has 94 valence electrons. The van der Waals surface area contributed by atoms with Crippen LogP contribution in [-0.4, -0.2) is 6.54 Å². The number of rotatable bonds is 4. The molecule has 1 aromatic rings. The van der Waals surface area contributed by atoms with E-state index < -0.39 is 17.5 Å². The number of halogens is 3. The summed E-state index contributed by atoms with van der Waals surface area (Å²) in [4.78, 5) is 0. The van der Waals surface area contributed by atoms with Crippen LogP contribution in [0.15, 0.2) is 12.1 Å². The Balaban J connectivity index is 2.28. The van der Waals surface area contributed by atoms with Crippen LogP contribution >= 0.6 is 0 Å². The van der Waals surface area contributed by atoms with E-state index in [1.165, 1.54) is 0 Å². The molecule has 2 rings (SSSR count). The molecule has 17 heavy (non-hydrogen) atoms. The van der Waals surface area contributed by atoms with Crippen molar-refractivity contribution in [2.75, 3.05) is 6.54 Å². The topological polar surface area (TPSA) is 12.0 Å². The van der Waals surface area contributed by atoms with Crippen LogP contribution < -0.4 is 5.32 Å². The van der Waals surface area contributed by atoms with E-state index >= 15 is 0 Å². The molecule has 1 atom stereocenters. The molecule has 1 unspecified atom stereocenters. The predicted octanol–water partition coefficient (Wildman–Crippen LogP) is 3.55. The van der Waals surface area contributed by atoms with Gasteiger partial charge in [-0.25, -0.2) is 13.2 Å². The van der Waals surface area contributed by atoms with Gasteiger partial charge in [-0.2, -0.15) is 0 Å². The molecule has 1 fully saturated rings. The average molecular weight is 243 g/mol. The van der Waals surface area contributed by atoms with Crippen LogP contribution in [0, 0.1) is 23.4 Å². The summed E-state index contributed by atoms with van der Waals surface area (Å²) in [5.74, 6) is -3.21. The van der Waals surface area contributed by atoms with Crippen molar-refractivity contribution in [1.82, 2.24) is 5.32 Å². The van der Waals surface area contributed by atoms with Gasteiger partial charge in [-0.1, -0.05) is 13.3 Å². The van der Waals surface area contributed by atoms with Gasteiger partial charge in [-0.15, -0.1) is 0 Å². The molecule has 1 aliphatic rings. The van der Waals surface area contributed by atoms with Crippen LogP contribution in [0.5, 0.6) is 0 Å². The van der Waals surface area contributed by atoms with Crippen molar-refractivity contribution in [3.05, 3.63) is 35.1 Å². The van der Waals surface area contributed by atoms with E-state index in [0.717, 1.165) is 37.9 Å². The maximum atomic E-state index is 13.2. The molecule has 0 bridgehead atoms. The molecule has 0 amide bonds. The van der Waals surface area contributed by atoms with Crippen molar-refractivity contribution in [2.24, 2.45) is 5.92 Å². The largest absolute Gasteiger partial charge is 0.310 e. The lowest BCUT2D eigenvalue weighted by atomic mass is 9.77. The lowest BCUT2D eigenvalue weighted by molar-refractivity contribution is 0.232. The van der Waals surface area contributed by atoms with Gasteiger partial charge in [-0.3, -0.25) is 0 Å². The number of hydrogen-bond donors (Lipinski definition) is 1. The summed E-state index contributed by atoms with van der Waals surface area (Å²) in [6.45, 7) is 2.67. The normalized spacial score (nSPS) is 17.9. The second-order valence-corrected chi connectivity index (χ2v) is 4.52. The standard InChI is InChI=1S/C13H16F3N/c1-2-17-13(8-4-3-5-8)9-6-10(14)12(16)11(15)7-9/h6-8,13,17H,2-5H2,1H3. The van der Waals surface area contributed by atoms with Crippen LogP contribution in [-0.2, 0) is 0 Å². The summed E-state index contributed by atoms with van der Waals surface area (Å²) in [6.07, 6.45) is 3.26. The Morgan fingerprint density at radius 3 is 2.24 bits per heavy atom. The minimum absolute atomic E-state index is 0.0710. The molecule has 1 aromatic carbocycles. The Kier molecular flexibility index (Phi) is 3.72. The number of benzene rings is 1. The van der Waals surface area contributed by atoms with Crippen LogP contribution in [0.1, 0.15) is 37.8 Å². The fraction of sp³-hybridized carbons (Fsp3) is 0.538. The summed E-state index contributed by atoms with van der Waals surface area (Å²) >= 11 is 0. The molecular formula is C13H16F3N. The Morgan fingerprint density at radius 2 is 1.82 bits per heavy atom. The van der Waals surface area contributed by atoms with E-state index in [4.69, 9.17) is 0 Å². The minimum Gasteiger partial charge on any atom is -0.310 e. The summed E-state index contributed by atoms with van der Waals surface area (Å²) < 4.78 is 39.3. The predicted molar refractivity (Wildman–Crippen MR) is 60.1 cm³/mol. The molecule has 1 nitrogen and oxygen atoms in total. The molecule has 1 aliphatic carbocycles. The summed E-state index contributed by atoms with van der Waals surface area (Å²) in [5.41, 5.74) is 0.507. The van der Waals surface area contributed by atoms with Gasteiger partial charge in [0, 0.05) is 6.04 Å². The van der Waals surface area contributed by atoms with E-state index in [0.29, 0.717) is 11.5 Å². The zero-order valence-corrected chi connectivity index (χ0v) is 9.77. The van der Waals surface area contributed by atoms with Crippen LogP contribution in [0.25, 0.3) is 0 Å². The van der Waals surface area contributed by atoms with E-state index in [1.807, 2.05) is 6.92 Å². The number of hydrogen-bond acceptors (Lipinski definition) is 1. The highest BCUT2D eigenvalue weighted by Crippen LogP contribution is 2.38. The molecule has 1 N–H and O–H groups in total. The van der Waals surface area contributed by atoms with Crippen molar-refractivity contribution in [3.63, 3.8) is 0 Å². The van der Waals surface area contributed by atoms with Crippen molar-refractivity contribution in [1.29, 1.82) is 0 Å². The van der Waals surface area contributed by atoms with E-state index in [9.17, 15) is 13.2 Å². The molecule has 0 aliphatic heterocycles. The van der Waals surface area contributed by atoms with Gasteiger partial charge in [-0.05, 0) is 43.0 Å². The van der Waals surface area contributed by atoms with Gasteiger partial charge in [0.25, 0.3) is 0 Å². The molecule has 0 saturated heterocycles.